The Bertz CT molecular complexity index is 2310. The summed E-state index contributed by atoms with van der Waals surface area (Å²) in [5.41, 5.74) is 9.03. The molecule has 56 heavy (non-hydrogen) atoms. The van der Waals surface area contributed by atoms with Crippen LogP contribution in [0.5, 0.6) is 0 Å². The number of amides is 1. The van der Waals surface area contributed by atoms with E-state index in [1.165, 1.54) is 11.8 Å². The Morgan fingerprint density at radius 2 is 1.45 bits per heavy atom. The van der Waals surface area contributed by atoms with Gasteiger partial charge in [-0.05, 0) is 52.1 Å². The fourth-order valence-electron chi connectivity index (χ4n) is 6.91. The largest absolute Gasteiger partial charge is 0.431 e. The molecule has 1 aliphatic rings. The van der Waals surface area contributed by atoms with Crippen molar-refractivity contribution in [3.8, 4) is 33.7 Å². The molecule has 2 N–H and O–H groups in total. The number of aliphatic hydroxyl groups excluding tert-OH is 1. The first-order valence-corrected chi connectivity index (χ1v) is 19.6. The molecule has 8 nitrogen and oxygen atoms in total. The van der Waals surface area contributed by atoms with E-state index in [1.54, 1.807) is 24.5 Å². The zero-order valence-electron chi connectivity index (χ0n) is 30.8. The van der Waals surface area contributed by atoms with Gasteiger partial charge in [0.2, 0.25) is 0 Å². The summed E-state index contributed by atoms with van der Waals surface area (Å²) in [4.78, 5) is 21.7. The summed E-state index contributed by atoms with van der Waals surface area (Å²) in [6, 6.07) is 48.0. The summed E-state index contributed by atoms with van der Waals surface area (Å²) >= 11 is 1.54. The monoisotopic (exact) mass is 759 g/mol. The summed E-state index contributed by atoms with van der Waals surface area (Å²) in [7, 11) is 0. The molecule has 0 saturated carbocycles. The number of hydrogen-bond acceptors (Lipinski definition) is 8. The highest BCUT2D eigenvalue weighted by Gasteiger charge is 2.39. The molecule has 0 aliphatic carbocycles. The summed E-state index contributed by atoms with van der Waals surface area (Å²) in [5.74, 6) is 1.13. The molecular weight excluding hydrogens is 719 g/mol. The van der Waals surface area contributed by atoms with Crippen molar-refractivity contribution in [3.63, 3.8) is 0 Å². The molecule has 0 spiro atoms. The Morgan fingerprint density at radius 1 is 0.732 bits per heavy atom. The SMILES string of the molecule is C[C@H]1[C@@H](CSc2nc(-c3ccccc3)c(-c3ccccc3)o2)O[C@@H](c2cccc(-c3cccc(CNC(=O)c4cccnc4)c3)c2)O[C@H]1c1ccc(CO)cc1. The normalized spacial score (nSPS) is 18.0. The second-order valence-corrected chi connectivity index (χ2v) is 14.7. The first-order chi connectivity index (χ1) is 27.5. The fourth-order valence-corrected chi connectivity index (χ4v) is 7.90. The summed E-state index contributed by atoms with van der Waals surface area (Å²) in [6.45, 7) is 2.51. The van der Waals surface area contributed by atoms with E-state index in [-0.39, 0.29) is 30.6 Å². The maximum atomic E-state index is 12.7. The number of pyridine rings is 1. The minimum Gasteiger partial charge on any atom is -0.431 e. The molecule has 5 aromatic carbocycles. The first-order valence-electron chi connectivity index (χ1n) is 18.6. The van der Waals surface area contributed by atoms with Crippen molar-refractivity contribution in [2.24, 2.45) is 5.92 Å². The van der Waals surface area contributed by atoms with Crippen LogP contribution in [0.1, 0.15) is 51.9 Å². The van der Waals surface area contributed by atoms with E-state index < -0.39 is 6.29 Å². The van der Waals surface area contributed by atoms with E-state index in [9.17, 15) is 9.90 Å². The fraction of sp³-hybridized carbons (Fsp3) is 0.170. The molecule has 9 heteroatoms. The number of carbonyl (C=O) groups is 1. The lowest BCUT2D eigenvalue weighted by Crippen LogP contribution is -2.38. The van der Waals surface area contributed by atoms with Crippen LogP contribution in [0.2, 0.25) is 0 Å². The van der Waals surface area contributed by atoms with Crippen molar-refractivity contribution < 1.29 is 23.8 Å². The molecule has 0 radical (unpaired) electrons. The molecule has 1 fully saturated rings. The highest BCUT2D eigenvalue weighted by Crippen LogP contribution is 2.44. The van der Waals surface area contributed by atoms with E-state index in [0.29, 0.717) is 23.1 Å². The molecule has 7 aromatic rings. The molecular formula is C47H41N3O5S. The number of nitrogens with one attached hydrogen (secondary N) is 1. The number of carbonyl (C=O) groups excluding carboxylic acids is 1. The molecule has 3 heterocycles. The van der Waals surface area contributed by atoms with E-state index in [1.807, 2.05) is 109 Å². The van der Waals surface area contributed by atoms with Gasteiger partial charge in [-0.2, -0.15) is 0 Å². The van der Waals surface area contributed by atoms with Gasteiger partial charge in [0.1, 0.15) is 5.69 Å². The molecule has 1 aliphatic heterocycles. The molecule has 0 unspecified atom stereocenters. The molecule has 8 rings (SSSR count). The third-order valence-corrected chi connectivity index (χ3v) is 10.9. The first kappa shape index (κ1) is 37.1. The van der Waals surface area contributed by atoms with E-state index in [2.05, 4.69) is 41.5 Å². The predicted octanol–water partition coefficient (Wildman–Crippen LogP) is 10.1. The molecule has 2 aromatic heterocycles. The standard InChI is InChI=1S/C47H41N3O5S/c1-31-41(30-56-47-50-42(34-12-4-2-5-13-34)44(55-47)35-14-6-3-7-15-35)53-46(54-43(31)36-22-20-32(29-51)21-23-36)39-18-9-17-38(26-39)37-16-8-11-33(25-37)27-49-45(52)40-19-10-24-48-28-40/h2-26,28,31,41,43,46,51H,27,29-30H2,1H3,(H,49,52)/t31-,41+,43+,46+/m0/s1. The quantitative estimate of drug-likeness (QED) is 0.119. The number of benzene rings is 5. The number of nitrogens with zero attached hydrogens (tertiary/aromatic N) is 2. The van der Waals surface area contributed by atoms with Crippen molar-refractivity contribution in [1.82, 2.24) is 15.3 Å². The second-order valence-electron chi connectivity index (χ2n) is 13.8. The lowest BCUT2D eigenvalue weighted by molar-refractivity contribution is -0.268. The Balaban J connectivity index is 1.05. The topological polar surface area (TPSA) is 107 Å². The Morgan fingerprint density at radius 3 is 2.18 bits per heavy atom. The number of oxazole rings is 1. The lowest BCUT2D eigenvalue weighted by atomic mass is 9.91. The average molecular weight is 760 g/mol. The van der Waals surface area contributed by atoms with Gasteiger partial charge in [-0.3, -0.25) is 9.78 Å². The van der Waals surface area contributed by atoms with Crippen molar-refractivity contribution in [2.45, 2.75) is 43.8 Å². The number of aromatic nitrogens is 2. The van der Waals surface area contributed by atoms with Crippen LogP contribution in [-0.4, -0.2) is 32.8 Å². The van der Waals surface area contributed by atoms with E-state index in [0.717, 1.165) is 56.0 Å². The van der Waals surface area contributed by atoms with Crippen LogP contribution in [0.25, 0.3) is 33.7 Å². The lowest BCUT2D eigenvalue weighted by Gasteiger charge is -2.41. The maximum absolute atomic E-state index is 12.7. The zero-order chi connectivity index (χ0) is 38.3. The summed E-state index contributed by atoms with van der Waals surface area (Å²) in [6.07, 6.45) is 2.07. The van der Waals surface area contributed by atoms with Crippen LogP contribution in [-0.2, 0) is 22.6 Å². The highest BCUT2D eigenvalue weighted by atomic mass is 32.2. The number of aliphatic hydroxyl groups is 1. The third kappa shape index (κ3) is 8.51. The van der Waals surface area contributed by atoms with Crippen molar-refractivity contribution in [1.29, 1.82) is 0 Å². The Kier molecular flexibility index (Phi) is 11.5. The average Bonchev–Trinajstić information content (AvgIpc) is 3.71. The smallest absolute Gasteiger partial charge is 0.256 e. The predicted molar refractivity (Wildman–Crippen MR) is 218 cm³/mol. The zero-order valence-corrected chi connectivity index (χ0v) is 31.6. The van der Waals surface area contributed by atoms with Crippen LogP contribution in [0.15, 0.2) is 168 Å². The third-order valence-electron chi connectivity index (χ3n) is 9.98. The second kappa shape index (κ2) is 17.3. The number of hydrogen-bond donors (Lipinski definition) is 2. The van der Waals surface area contributed by atoms with Crippen molar-refractivity contribution in [3.05, 3.63) is 186 Å². The van der Waals surface area contributed by atoms with Crippen molar-refractivity contribution >= 4 is 17.7 Å². The van der Waals surface area contributed by atoms with Crippen molar-refractivity contribution in [2.75, 3.05) is 5.75 Å². The molecule has 1 amide bonds. The molecule has 280 valence electrons. The van der Waals surface area contributed by atoms with Crippen LogP contribution in [0.3, 0.4) is 0 Å². The number of thioether (sulfide) groups is 1. The van der Waals surface area contributed by atoms with E-state index in [4.69, 9.17) is 18.9 Å². The molecule has 4 atom stereocenters. The van der Waals surface area contributed by atoms with Gasteiger partial charge < -0.3 is 24.3 Å². The summed E-state index contributed by atoms with van der Waals surface area (Å²) in [5, 5.41) is 13.3. The van der Waals surface area contributed by atoms with Gasteiger partial charge in [-0.15, -0.1) is 0 Å². The number of rotatable bonds is 12. The van der Waals surface area contributed by atoms with E-state index >= 15 is 0 Å². The van der Waals surface area contributed by atoms with Gasteiger partial charge in [0, 0.05) is 47.3 Å². The van der Waals surface area contributed by atoms with Gasteiger partial charge in [-0.1, -0.05) is 140 Å². The minimum absolute atomic E-state index is 0.0161. The maximum Gasteiger partial charge on any atom is 0.256 e. The van der Waals surface area contributed by atoms with Crippen LogP contribution >= 0.6 is 11.8 Å². The number of ether oxygens (including phenoxy) is 2. The Hall–Kier alpha value is -5.84. The minimum atomic E-state index is -0.648. The van der Waals surface area contributed by atoms with Gasteiger partial charge in [0.15, 0.2) is 12.1 Å². The van der Waals surface area contributed by atoms with Gasteiger partial charge in [-0.25, -0.2) is 4.98 Å². The Labute approximate surface area is 330 Å². The van der Waals surface area contributed by atoms with Gasteiger partial charge in [0.05, 0.1) is 24.4 Å². The van der Waals surface area contributed by atoms with Crippen LogP contribution in [0.4, 0.5) is 0 Å². The molecule has 1 saturated heterocycles. The summed E-state index contributed by atoms with van der Waals surface area (Å²) < 4.78 is 20.1. The van der Waals surface area contributed by atoms with Gasteiger partial charge >= 0.3 is 0 Å². The van der Waals surface area contributed by atoms with Crippen LogP contribution < -0.4 is 5.32 Å². The highest BCUT2D eigenvalue weighted by molar-refractivity contribution is 7.99. The molecule has 0 bridgehead atoms. The van der Waals surface area contributed by atoms with Crippen LogP contribution in [0, 0.1) is 5.92 Å². The van der Waals surface area contributed by atoms with Gasteiger partial charge in [0.25, 0.3) is 11.1 Å².